The van der Waals surface area contributed by atoms with Crippen molar-refractivity contribution in [1.29, 1.82) is 0 Å². The molecular formula is C12H20N4O. The second kappa shape index (κ2) is 4.74. The highest BCUT2D eigenvalue weighted by Gasteiger charge is 2.23. The maximum Gasteiger partial charge on any atom is 0.133 e. The van der Waals surface area contributed by atoms with Crippen molar-refractivity contribution in [3.8, 4) is 0 Å². The largest absolute Gasteiger partial charge is 0.391 e. The van der Waals surface area contributed by atoms with Gasteiger partial charge in [-0.05, 0) is 38.3 Å². The predicted molar refractivity (Wildman–Crippen MR) is 63.6 cm³/mol. The molecule has 2 unspecified atom stereocenters. The fourth-order valence-corrected chi connectivity index (χ4v) is 2.87. The molecule has 3 rings (SSSR count). The van der Waals surface area contributed by atoms with Crippen molar-refractivity contribution in [2.75, 3.05) is 13.1 Å². The van der Waals surface area contributed by atoms with Crippen LogP contribution in [-0.4, -0.2) is 39.1 Å². The normalized spacial score (nSPS) is 29.0. The van der Waals surface area contributed by atoms with Gasteiger partial charge in [0, 0.05) is 12.8 Å². The molecule has 2 atom stereocenters. The van der Waals surface area contributed by atoms with Gasteiger partial charge in [0.2, 0.25) is 0 Å². The van der Waals surface area contributed by atoms with Crippen LogP contribution in [0.4, 0.5) is 0 Å². The van der Waals surface area contributed by atoms with Gasteiger partial charge in [0.25, 0.3) is 0 Å². The van der Waals surface area contributed by atoms with Gasteiger partial charge in [0.15, 0.2) is 0 Å². The maximum absolute atomic E-state index is 9.72. The van der Waals surface area contributed by atoms with E-state index in [1.54, 1.807) is 0 Å². The number of nitrogens with one attached hydrogen (secondary N) is 1. The van der Waals surface area contributed by atoms with Crippen LogP contribution in [0.1, 0.15) is 30.9 Å². The van der Waals surface area contributed by atoms with E-state index in [4.69, 9.17) is 0 Å². The summed E-state index contributed by atoms with van der Waals surface area (Å²) in [7, 11) is 0. The van der Waals surface area contributed by atoms with Crippen LogP contribution in [0.5, 0.6) is 0 Å². The summed E-state index contributed by atoms with van der Waals surface area (Å²) < 4.78 is 2.13. The molecule has 5 nitrogen and oxygen atoms in total. The third-order valence-corrected chi connectivity index (χ3v) is 3.87. The van der Waals surface area contributed by atoms with Gasteiger partial charge in [-0.1, -0.05) is 0 Å². The first kappa shape index (κ1) is 11.2. The van der Waals surface area contributed by atoms with Crippen molar-refractivity contribution in [1.82, 2.24) is 20.1 Å². The zero-order chi connectivity index (χ0) is 11.7. The zero-order valence-corrected chi connectivity index (χ0v) is 10.1. The number of nitrogens with zero attached hydrogens (tertiary/aromatic N) is 3. The van der Waals surface area contributed by atoms with Crippen LogP contribution in [-0.2, 0) is 19.4 Å². The van der Waals surface area contributed by atoms with Gasteiger partial charge < -0.3 is 15.0 Å². The maximum atomic E-state index is 9.72. The van der Waals surface area contributed by atoms with Gasteiger partial charge >= 0.3 is 0 Å². The number of aliphatic hydroxyl groups is 1. The Bertz CT molecular complexity index is 384. The fourth-order valence-electron chi connectivity index (χ4n) is 2.87. The summed E-state index contributed by atoms with van der Waals surface area (Å²) in [5.74, 6) is 2.79. The fraction of sp³-hybridized carbons (Fsp3) is 0.833. The Morgan fingerprint density at radius 3 is 3.12 bits per heavy atom. The minimum Gasteiger partial charge on any atom is -0.391 e. The van der Waals surface area contributed by atoms with Crippen molar-refractivity contribution in [2.24, 2.45) is 5.92 Å². The molecule has 0 radical (unpaired) electrons. The van der Waals surface area contributed by atoms with Crippen LogP contribution in [0.25, 0.3) is 0 Å². The van der Waals surface area contributed by atoms with Gasteiger partial charge in [-0.2, -0.15) is 0 Å². The average Bonchev–Trinajstić information content (AvgIpc) is 2.73. The second-order valence-electron chi connectivity index (χ2n) is 5.25. The van der Waals surface area contributed by atoms with Crippen molar-refractivity contribution in [3.63, 3.8) is 0 Å². The van der Waals surface area contributed by atoms with Gasteiger partial charge in [-0.3, -0.25) is 0 Å². The minimum atomic E-state index is -0.221. The van der Waals surface area contributed by atoms with Crippen LogP contribution < -0.4 is 5.32 Å². The van der Waals surface area contributed by atoms with Crippen LogP contribution in [0.2, 0.25) is 0 Å². The lowest BCUT2D eigenvalue weighted by molar-refractivity contribution is 0.128. The molecule has 0 bridgehead atoms. The molecule has 2 aliphatic heterocycles. The Hall–Kier alpha value is -0.940. The molecule has 0 spiro atoms. The lowest BCUT2D eigenvalue weighted by Gasteiger charge is -2.24. The first-order chi connectivity index (χ1) is 8.33. The Morgan fingerprint density at radius 1 is 1.35 bits per heavy atom. The first-order valence-electron chi connectivity index (χ1n) is 6.62. The molecule has 1 saturated heterocycles. The summed E-state index contributed by atoms with van der Waals surface area (Å²) >= 11 is 0. The summed E-state index contributed by atoms with van der Waals surface area (Å²) in [6, 6.07) is 0. The Kier molecular flexibility index (Phi) is 3.11. The van der Waals surface area contributed by atoms with Crippen molar-refractivity contribution >= 4 is 0 Å². The number of rotatable bonds is 2. The molecule has 0 aromatic carbocycles. The molecule has 2 aliphatic rings. The standard InChI is InChI=1S/C12H20N4O/c17-10-3-4-11-14-15-12(16(11)8-10)6-9-2-1-5-13-7-9/h9-10,13,17H,1-8H2. The number of hydrogen-bond acceptors (Lipinski definition) is 4. The highest BCUT2D eigenvalue weighted by Crippen LogP contribution is 2.19. The minimum absolute atomic E-state index is 0.221. The van der Waals surface area contributed by atoms with Crippen molar-refractivity contribution in [2.45, 2.75) is 44.8 Å². The van der Waals surface area contributed by atoms with E-state index in [1.807, 2.05) is 0 Å². The van der Waals surface area contributed by atoms with Crippen LogP contribution in [0.15, 0.2) is 0 Å². The highest BCUT2D eigenvalue weighted by atomic mass is 16.3. The molecule has 2 N–H and O–H groups in total. The van der Waals surface area contributed by atoms with Crippen molar-refractivity contribution < 1.29 is 5.11 Å². The molecule has 0 aliphatic carbocycles. The molecule has 0 amide bonds. The molecule has 94 valence electrons. The van der Waals surface area contributed by atoms with Gasteiger partial charge in [-0.15, -0.1) is 10.2 Å². The van der Waals surface area contributed by atoms with E-state index >= 15 is 0 Å². The predicted octanol–water partition coefficient (Wildman–Crippen LogP) is 0.127. The van der Waals surface area contributed by atoms with E-state index in [0.717, 1.165) is 44.0 Å². The summed E-state index contributed by atoms with van der Waals surface area (Å²) in [5.41, 5.74) is 0. The molecule has 0 saturated carbocycles. The second-order valence-corrected chi connectivity index (χ2v) is 5.25. The van der Waals surface area contributed by atoms with Gasteiger partial charge in [-0.25, -0.2) is 0 Å². The Morgan fingerprint density at radius 2 is 2.29 bits per heavy atom. The van der Waals surface area contributed by atoms with Crippen LogP contribution in [0.3, 0.4) is 0 Å². The van der Waals surface area contributed by atoms with E-state index in [2.05, 4.69) is 20.1 Å². The number of aromatic nitrogens is 3. The molecular weight excluding hydrogens is 216 g/mol. The van der Waals surface area contributed by atoms with Crippen molar-refractivity contribution in [3.05, 3.63) is 11.6 Å². The lowest BCUT2D eigenvalue weighted by Crippen LogP contribution is -2.32. The number of aliphatic hydroxyl groups excluding tert-OH is 1. The van der Waals surface area contributed by atoms with E-state index in [9.17, 15) is 5.11 Å². The SMILES string of the molecule is OC1CCc2nnc(CC3CCCNC3)n2C1. The van der Waals surface area contributed by atoms with E-state index < -0.39 is 0 Å². The average molecular weight is 236 g/mol. The van der Waals surface area contributed by atoms with Crippen LogP contribution in [0, 0.1) is 5.92 Å². The Balaban J connectivity index is 1.72. The summed E-state index contributed by atoms with van der Waals surface area (Å²) in [6.07, 6.45) is 4.99. The topological polar surface area (TPSA) is 63.0 Å². The van der Waals surface area contributed by atoms with E-state index in [1.165, 1.54) is 12.8 Å². The van der Waals surface area contributed by atoms with Gasteiger partial charge in [0.05, 0.1) is 12.6 Å². The third kappa shape index (κ3) is 2.35. The first-order valence-corrected chi connectivity index (χ1v) is 6.62. The number of hydrogen-bond donors (Lipinski definition) is 2. The number of piperidine rings is 1. The smallest absolute Gasteiger partial charge is 0.133 e. The summed E-state index contributed by atoms with van der Waals surface area (Å²) in [6.45, 7) is 2.91. The molecule has 17 heavy (non-hydrogen) atoms. The summed E-state index contributed by atoms with van der Waals surface area (Å²) in [4.78, 5) is 0. The lowest BCUT2D eigenvalue weighted by atomic mass is 9.95. The summed E-state index contributed by atoms with van der Waals surface area (Å²) in [5, 5.41) is 21.7. The molecule has 1 fully saturated rings. The monoisotopic (exact) mass is 236 g/mol. The molecule has 5 heteroatoms. The van der Waals surface area contributed by atoms with E-state index in [-0.39, 0.29) is 6.10 Å². The highest BCUT2D eigenvalue weighted by molar-refractivity contribution is 5.01. The molecule has 3 heterocycles. The molecule has 1 aromatic heterocycles. The number of aryl methyl sites for hydroxylation is 1. The zero-order valence-electron chi connectivity index (χ0n) is 10.1. The Labute approximate surface area is 101 Å². The molecule has 1 aromatic rings. The quantitative estimate of drug-likeness (QED) is 0.766. The number of fused-ring (bicyclic) bond motifs is 1. The van der Waals surface area contributed by atoms with Gasteiger partial charge in [0.1, 0.15) is 11.6 Å². The third-order valence-electron chi connectivity index (χ3n) is 3.87. The van der Waals surface area contributed by atoms with E-state index in [0.29, 0.717) is 12.5 Å². The van der Waals surface area contributed by atoms with Crippen LogP contribution >= 0.6 is 0 Å².